The Balaban J connectivity index is 1.60. The molecule has 1 aromatic carbocycles. The van der Waals surface area contributed by atoms with E-state index in [1.807, 2.05) is 43.3 Å². The second-order valence-electron chi connectivity index (χ2n) is 6.06. The van der Waals surface area contributed by atoms with Gasteiger partial charge >= 0.3 is 0 Å². The van der Waals surface area contributed by atoms with Crippen molar-refractivity contribution in [3.8, 4) is 0 Å². The smallest absolute Gasteiger partial charge is 0.273 e. The highest BCUT2D eigenvalue weighted by Gasteiger charge is 2.13. The van der Waals surface area contributed by atoms with Crippen molar-refractivity contribution in [2.75, 3.05) is 18.9 Å². The number of hydrogen-bond acceptors (Lipinski definition) is 5. The first kappa shape index (κ1) is 17.5. The number of pyridine rings is 1. The lowest BCUT2D eigenvalue weighted by molar-refractivity contribution is 0.0790. The number of anilines is 2. The maximum atomic E-state index is 12.5. The van der Waals surface area contributed by atoms with Crippen molar-refractivity contribution in [2.24, 2.45) is 0 Å². The highest BCUT2D eigenvalue weighted by atomic mass is 16.2. The molecule has 6 nitrogen and oxygen atoms in total. The molecule has 26 heavy (non-hydrogen) atoms. The maximum absolute atomic E-state index is 12.5. The summed E-state index contributed by atoms with van der Waals surface area (Å²) >= 11 is 0. The number of aromatic nitrogens is 3. The number of likely N-dealkylation sites (N-methyl/N-ethyl adjacent to an activating group) is 1. The summed E-state index contributed by atoms with van der Waals surface area (Å²) in [5.74, 6) is 0.462. The van der Waals surface area contributed by atoms with Crippen molar-refractivity contribution >= 4 is 17.4 Å². The molecule has 0 atom stereocenters. The van der Waals surface area contributed by atoms with Gasteiger partial charge in [-0.2, -0.15) is 0 Å². The van der Waals surface area contributed by atoms with Crippen molar-refractivity contribution in [1.82, 2.24) is 19.9 Å². The number of aryl methyl sites for hydroxylation is 1. The average molecular weight is 347 g/mol. The molecule has 0 spiro atoms. The third kappa shape index (κ3) is 4.42. The minimum Gasteiger partial charge on any atom is -0.340 e. The summed E-state index contributed by atoms with van der Waals surface area (Å²) < 4.78 is 0. The lowest BCUT2D eigenvalue weighted by Crippen LogP contribution is -2.29. The van der Waals surface area contributed by atoms with E-state index in [9.17, 15) is 4.79 Å². The fourth-order valence-electron chi connectivity index (χ4n) is 2.50. The Bertz CT molecular complexity index is 865. The summed E-state index contributed by atoms with van der Waals surface area (Å²) in [5.41, 5.74) is 3.56. The van der Waals surface area contributed by atoms with E-state index in [0.29, 0.717) is 18.1 Å². The van der Waals surface area contributed by atoms with Gasteiger partial charge in [-0.05, 0) is 42.7 Å². The number of nitrogens with zero attached hydrogens (tertiary/aromatic N) is 4. The largest absolute Gasteiger partial charge is 0.340 e. The van der Waals surface area contributed by atoms with Gasteiger partial charge < -0.3 is 10.2 Å². The van der Waals surface area contributed by atoms with E-state index < -0.39 is 0 Å². The first-order chi connectivity index (χ1) is 12.6. The van der Waals surface area contributed by atoms with Crippen LogP contribution in [0.1, 0.15) is 21.6 Å². The molecule has 0 fully saturated rings. The highest BCUT2D eigenvalue weighted by molar-refractivity contribution is 5.91. The Hall–Kier alpha value is -3.28. The zero-order chi connectivity index (χ0) is 18.4. The van der Waals surface area contributed by atoms with Crippen molar-refractivity contribution in [2.45, 2.75) is 13.3 Å². The van der Waals surface area contributed by atoms with Crippen LogP contribution in [0.25, 0.3) is 0 Å². The van der Waals surface area contributed by atoms with E-state index in [1.165, 1.54) is 6.20 Å². The molecule has 0 radical (unpaired) electrons. The third-order valence-corrected chi connectivity index (χ3v) is 4.11. The first-order valence-corrected chi connectivity index (χ1v) is 8.42. The van der Waals surface area contributed by atoms with Crippen LogP contribution in [0.3, 0.4) is 0 Å². The fraction of sp³-hybridized carbons (Fsp3) is 0.200. The Morgan fingerprint density at radius 2 is 1.85 bits per heavy atom. The SMILES string of the molecule is Cc1ccccc1Nc1cnc(C(=O)N(C)CCc2ccncc2)cn1. The topological polar surface area (TPSA) is 71.0 Å². The van der Waals surface area contributed by atoms with Gasteiger partial charge in [-0.1, -0.05) is 18.2 Å². The predicted molar refractivity (Wildman–Crippen MR) is 101 cm³/mol. The number of nitrogens with one attached hydrogen (secondary N) is 1. The second-order valence-corrected chi connectivity index (χ2v) is 6.06. The second kappa shape index (κ2) is 8.20. The van der Waals surface area contributed by atoms with Crippen LogP contribution in [0.4, 0.5) is 11.5 Å². The summed E-state index contributed by atoms with van der Waals surface area (Å²) in [6, 6.07) is 11.8. The molecule has 0 aliphatic carbocycles. The summed E-state index contributed by atoms with van der Waals surface area (Å²) in [7, 11) is 1.77. The van der Waals surface area contributed by atoms with Gasteiger partial charge in [-0.25, -0.2) is 9.97 Å². The van der Waals surface area contributed by atoms with Gasteiger partial charge in [0.05, 0.1) is 12.4 Å². The molecular weight excluding hydrogens is 326 g/mol. The Labute approximate surface area is 153 Å². The molecule has 0 unspecified atom stereocenters. The number of carbonyl (C=O) groups excluding carboxylic acids is 1. The molecule has 2 aromatic heterocycles. The van der Waals surface area contributed by atoms with Crippen LogP contribution in [0, 0.1) is 6.92 Å². The van der Waals surface area contributed by atoms with Crippen LogP contribution in [0.15, 0.2) is 61.2 Å². The number of para-hydroxylation sites is 1. The van der Waals surface area contributed by atoms with Gasteiger partial charge in [-0.15, -0.1) is 0 Å². The Kier molecular flexibility index (Phi) is 5.53. The molecule has 0 aliphatic heterocycles. The summed E-state index contributed by atoms with van der Waals surface area (Å²) in [6.45, 7) is 2.62. The van der Waals surface area contributed by atoms with Crippen LogP contribution < -0.4 is 5.32 Å². The standard InChI is InChI=1S/C20H21N5O/c1-15-5-3-4-6-17(15)24-19-14-22-18(13-23-19)20(26)25(2)12-9-16-7-10-21-11-8-16/h3-8,10-11,13-14H,9,12H2,1-2H3,(H,23,24). The van der Waals surface area contributed by atoms with Gasteiger partial charge in [0, 0.05) is 31.7 Å². The number of benzene rings is 1. The van der Waals surface area contributed by atoms with Crippen LogP contribution >= 0.6 is 0 Å². The minimum absolute atomic E-state index is 0.144. The molecule has 1 amide bonds. The molecule has 3 rings (SSSR count). The average Bonchev–Trinajstić information content (AvgIpc) is 2.69. The third-order valence-electron chi connectivity index (χ3n) is 4.11. The lowest BCUT2D eigenvalue weighted by atomic mass is 10.2. The summed E-state index contributed by atoms with van der Waals surface area (Å²) in [4.78, 5) is 26.7. The minimum atomic E-state index is -0.144. The summed E-state index contributed by atoms with van der Waals surface area (Å²) in [5, 5.41) is 3.21. The van der Waals surface area contributed by atoms with Gasteiger partial charge in [0.2, 0.25) is 0 Å². The normalized spacial score (nSPS) is 10.4. The van der Waals surface area contributed by atoms with Crippen LogP contribution in [0.5, 0.6) is 0 Å². The van der Waals surface area contributed by atoms with Gasteiger partial charge in [-0.3, -0.25) is 9.78 Å². The molecule has 0 saturated carbocycles. The van der Waals surface area contributed by atoms with Gasteiger partial charge in [0.1, 0.15) is 11.5 Å². The van der Waals surface area contributed by atoms with Crippen molar-refractivity contribution < 1.29 is 4.79 Å². The molecule has 132 valence electrons. The summed E-state index contributed by atoms with van der Waals surface area (Å²) in [6.07, 6.45) is 7.36. The van der Waals surface area contributed by atoms with Crippen molar-refractivity contribution in [3.05, 3.63) is 78.0 Å². The highest BCUT2D eigenvalue weighted by Crippen LogP contribution is 2.17. The first-order valence-electron chi connectivity index (χ1n) is 8.42. The number of hydrogen-bond donors (Lipinski definition) is 1. The molecule has 3 aromatic rings. The van der Waals surface area contributed by atoms with Crippen LogP contribution in [-0.4, -0.2) is 39.4 Å². The Morgan fingerprint density at radius 3 is 2.54 bits per heavy atom. The number of carbonyl (C=O) groups is 1. The van der Waals surface area contributed by atoms with Crippen LogP contribution in [-0.2, 0) is 6.42 Å². The molecule has 0 bridgehead atoms. The van der Waals surface area contributed by atoms with Crippen LogP contribution in [0.2, 0.25) is 0 Å². The molecule has 0 aliphatic rings. The lowest BCUT2D eigenvalue weighted by Gasteiger charge is -2.16. The predicted octanol–water partition coefficient (Wildman–Crippen LogP) is 3.24. The zero-order valence-corrected chi connectivity index (χ0v) is 14.9. The molecule has 2 heterocycles. The van der Waals surface area contributed by atoms with Gasteiger partial charge in [0.15, 0.2) is 0 Å². The van der Waals surface area contributed by atoms with Crippen molar-refractivity contribution in [1.29, 1.82) is 0 Å². The monoisotopic (exact) mass is 347 g/mol. The van der Waals surface area contributed by atoms with E-state index in [2.05, 4.69) is 20.3 Å². The van der Waals surface area contributed by atoms with E-state index in [0.717, 1.165) is 23.2 Å². The van der Waals surface area contributed by atoms with Crippen molar-refractivity contribution in [3.63, 3.8) is 0 Å². The van der Waals surface area contributed by atoms with E-state index in [4.69, 9.17) is 0 Å². The van der Waals surface area contributed by atoms with Gasteiger partial charge in [0.25, 0.3) is 5.91 Å². The fourth-order valence-corrected chi connectivity index (χ4v) is 2.50. The number of rotatable bonds is 6. The molecule has 6 heteroatoms. The van der Waals surface area contributed by atoms with E-state index in [1.54, 1.807) is 30.5 Å². The molecule has 0 saturated heterocycles. The van der Waals surface area contributed by atoms with E-state index >= 15 is 0 Å². The molecular formula is C20H21N5O. The zero-order valence-electron chi connectivity index (χ0n) is 14.9. The quantitative estimate of drug-likeness (QED) is 0.741. The molecule has 1 N–H and O–H groups in total. The van der Waals surface area contributed by atoms with E-state index in [-0.39, 0.29) is 5.91 Å². The Morgan fingerprint density at radius 1 is 1.08 bits per heavy atom. The maximum Gasteiger partial charge on any atom is 0.273 e. The number of amides is 1.